The fourth-order valence-electron chi connectivity index (χ4n) is 1.31. The third kappa shape index (κ3) is 3.25. The highest BCUT2D eigenvalue weighted by molar-refractivity contribution is 7.99. The van der Waals surface area contributed by atoms with Gasteiger partial charge in [-0.05, 0) is 37.3 Å². The smallest absolute Gasteiger partial charge is 0.161 e. The molecule has 0 aliphatic carbocycles. The molecule has 5 heteroatoms. The van der Waals surface area contributed by atoms with Gasteiger partial charge in [0.1, 0.15) is 5.03 Å². The molecule has 0 bridgehead atoms. The molecule has 0 saturated carbocycles. The maximum absolute atomic E-state index is 11.1. The van der Waals surface area contributed by atoms with Crippen LogP contribution in [-0.2, 0) is 0 Å². The summed E-state index contributed by atoms with van der Waals surface area (Å²) >= 11 is 13.2. The van der Waals surface area contributed by atoms with Gasteiger partial charge in [0.25, 0.3) is 0 Å². The molecular weight excluding hydrogens is 289 g/mol. The predicted octanol–water partition coefficient (Wildman–Crippen LogP) is 4.74. The summed E-state index contributed by atoms with van der Waals surface area (Å²) in [6.07, 6.45) is 1.57. The Morgan fingerprint density at radius 3 is 2.50 bits per heavy atom. The molecule has 18 heavy (non-hydrogen) atoms. The predicted molar refractivity (Wildman–Crippen MR) is 74.8 cm³/mol. The number of carbonyl (C=O) groups is 1. The van der Waals surface area contributed by atoms with Crippen molar-refractivity contribution < 1.29 is 4.79 Å². The van der Waals surface area contributed by atoms with E-state index in [0.29, 0.717) is 15.6 Å². The van der Waals surface area contributed by atoms with Gasteiger partial charge < -0.3 is 0 Å². The minimum atomic E-state index is 0.00795. The van der Waals surface area contributed by atoms with E-state index in [2.05, 4.69) is 4.98 Å². The van der Waals surface area contributed by atoms with Crippen molar-refractivity contribution in [1.29, 1.82) is 0 Å². The minimum Gasteiger partial charge on any atom is -0.294 e. The lowest BCUT2D eigenvalue weighted by atomic mass is 10.2. The second kappa shape index (κ2) is 5.74. The highest BCUT2D eigenvalue weighted by atomic mass is 35.5. The number of halogens is 2. The Labute approximate surface area is 119 Å². The zero-order valence-corrected chi connectivity index (χ0v) is 11.8. The fraction of sp³-hybridized carbons (Fsp3) is 0.0769. The number of Topliss-reactive ketones (excluding diaryl/α,β-unsaturated/α-hetero) is 1. The Hall–Kier alpha value is -1.03. The topological polar surface area (TPSA) is 30.0 Å². The molecule has 2 aromatic rings. The minimum absolute atomic E-state index is 0.00795. The van der Waals surface area contributed by atoms with Crippen LogP contribution in [0.15, 0.2) is 46.5 Å². The summed E-state index contributed by atoms with van der Waals surface area (Å²) in [6, 6.07) is 8.98. The molecule has 0 N–H and O–H groups in total. The molecule has 0 aliphatic rings. The fourth-order valence-corrected chi connectivity index (χ4v) is 2.47. The number of pyridine rings is 1. The van der Waals surface area contributed by atoms with Gasteiger partial charge >= 0.3 is 0 Å². The third-order valence-corrected chi connectivity index (χ3v) is 3.94. The molecule has 0 saturated heterocycles. The largest absolute Gasteiger partial charge is 0.294 e. The van der Waals surface area contributed by atoms with Gasteiger partial charge in [-0.15, -0.1) is 0 Å². The molecule has 0 radical (unpaired) electrons. The van der Waals surface area contributed by atoms with Gasteiger partial charge in [-0.3, -0.25) is 4.79 Å². The average Bonchev–Trinajstić information content (AvgIpc) is 2.34. The number of ketones is 1. The van der Waals surface area contributed by atoms with Gasteiger partial charge in [0.15, 0.2) is 5.78 Å². The summed E-state index contributed by atoms with van der Waals surface area (Å²) in [5.41, 5.74) is 0.605. The van der Waals surface area contributed by atoms with Crippen molar-refractivity contribution >= 4 is 40.7 Å². The summed E-state index contributed by atoms with van der Waals surface area (Å²) in [4.78, 5) is 16.3. The Morgan fingerprint density at radius 2 is 1.94 bits per heavy atom. The SMILES string of the molecule is CC(=O)c1ccc(Sc2ccc(Cl)c(Cl)c2)nc1. The highest BCUT2D eigenvalue weighted by Gasteiger charge is 2.04. The molecule has 2 nitrogen and oxygen atoms in total. The maximum Gasteiger partial charge on any atom is 0.161 e. The molecule has 1 heterocycles. The number of hydrogen-bond acceptors (Lipinski definition) is 3. The lowest BCUT2D eigenvalue weighted by molar-refractivity contribution is 0.101. The van der Waals surface area contributed by atoms with Crippen LogP contribution in [0.5, 0.6) is 0 Å². The van der Waals surface area contributed by atoms with Crippen LogP contribution >= 0.6 is 35.0 Å². The van der Waals surface area contributed by atoms with Gasteiger partial charge in [-0.1, -0.05) is 35.0 Å². The van der Waals surface area contributed by atoms with Gasteiger partial charge in [0.2, 0.25) is 0 Å². The zero-order valence-electron chi connectivity index (χ0n) is 9.48. The Morgan fingerprint density at radius 1 is 1.17 bits per heavy atom. The number of aromatic nitrogens is 1. The molecule has 2 rings (SSSR count). The molecule has 0 atom stereocenters. The summed E-state index contributed by atoms with van der Waals surface area (Å²) < 4.78 is 0. The maximum atomic E-state index is 11.1. The second-order valence-electron chi connectivity index (χ2n) is 3.62. The number of benzene rings is 1. The van der Waals surface area contributed by atoms with E-state index in [-0.39, 0.29) is 5.78 Å². The summed E-state index contributed by atoms with van der Waals surface area (Å²) in [5.74, 6) is 0.00795. The van der Waals surface area contributed by atoms with E-state index in [9.17, 15) is 4.79 Å². The first-order valence-corrected chi connectivity index (χ1v) is 6.73. The normalized spacial score (nSPS) is 10.4. The standard InChI is InChI=1S/C13H9Cl2NOS/c1-8(17)9-2-5-13(16-7-9)18-10-3-4-11(14)12(15)6-10/h2-7H,1H3. The molecule has 0 fully saturated rings. The van der Waals surface area contributed by atoms with Gasteiger partial charge in [0.05, 0.1) is 10.0 Å². The first-order chi connectivity index (χ1) is 8.56. The van der Waals surface area contributed by atoms with Crippen LogP contribution in [0, 0.1) is 0 Å². The van der Waals surface area contributed by atoms with Crippen LogP contribution in [0.25, 0.3) is 0 Å². The van der Waals surface area contributed by atoms with Crippen molar-refractivity contribution in [1.82, 2.24) is 4.98 Å². The lowest BCUT2D eigenvalue weighted by Crippen LogP contribution is -1.92. The van der Waals surface area contributed by atoms with E-state index >= 15 is 0 Å². The molecule has 0 unspecified atom stereocenters. The summed E-state index contributed by atoms with van der Waals surface area (Å²) in [6.45, 7) is 1.52. The lowest BCUT2D eigenvalue weighted by Gasteiger charge is -2.03. The first-order valence-electron chi connectivity index (χ1n) is 5.16. The van der Waals surface area contributed by atoms with Crippen molar-refractivity contribution in [3.63, 3.8) is 0 Å². The van der Waals surface area contributed by atoms with E-state index in [1.54, 1.807) is 24.4 Å². The van der Waals surface area contributed by atoms with E-state index in [0.717, 1.165) is 9.92 Å². The Bertz CT molecular complexity index is 584. The van der Waals surface area contributed by atoms with Gasteiger partial charge in [-0.2, -0.15) is 0 Å². The van der Waals surface area contributed by atoms with E-state index < -0.39 is 0 Å². The van der Waals surface area contributed by atoms with Crippen LogP contribution in [0.3, 0.4) is 0 Å². The monoisotopic (exact) mass is 297 g/mol. The molecular formula is C13H9Cl2NOS. The molecule has 1 aromatic carbocycles. The van der Waals surface area contributed by atoms with E-state index in [1.807, 2.05) is 12.1 Å². The molecule has 0 aliphatic heterocycles. The van der Waals surface area contributed by atoms with E-state index in [4.69, 9.17) is 23.2 Å². The number of nitrogens with zero attached hydrogens (tertiary/aromatic N) is 1. The Balaban J connectivity index is 2.18. The third-order valence-electron chi connectivity index (χ3n) is 2.26. The quantitative estimate of drug-likeness (QED) is 0.766. The number of carbonyl (C=O) groups excluding carboxylic acids is 1. The van der Waals surface area contributed by atoms with Gasteiger partial charge in [-0.25, -0.2) is 4.98 Å². The molecule has 0 spiro atoms. The van der Waals surface area contributed by atoms with Crippen molar-refractivity contribution in [3.8, 4) is 0 Å². The van der Waals surface area contributed by atoms with Crippen molar-refractivity contribution in [2.45, 2.75) is 16.8 Å². The first kappa shape index (κ1) is 13.4. The van der Waals surface area contributed by atoms with Crippen molar-refractivity contribution in [2.75, 3.05) is 0 Å². The van der Waals surface area contributed by atoms with Crippen LogP contribution in [0.1, 0.15) is 17.3 Å². The Kier molecular flexibility index (Phi) is 4.27. The second-order valence-corrected chi connectivity index (χ2v) is 5.53. The van der Waals surface area contributed by atoms with Crippen LogP contribution in [-0.4, -0.2) is 10.8 Å². The molecule has 92 valence electrons. The number of rotatable bonds is 3. The number of hydrogen-bond donors (Lipinski definition) is 0. The van der Waals surface area contributed by atoms with Crippen LogP contribution < -0.4 is 0 Å². The van der Waals surface area contributed by atoms with Crippen LogP contribution in [0.2, 0.25) is 10.0 Å². The van der Waals surface area contributed by atoms with Crippen molar-refractivity contribution in [3.05, 3.63) is 52.1 Å². The van der Waals surface area contributed by atoms with E-state index in [1.165, 1.54) is 18.7 Å². The van der Waals surface area contributed by atoms with Crippen molar-refractivity contribution in [2.24, 2.45) is 0 Å². The zero-order chi connectivity index (χ0) is 13.1. The average molecular weight is 298 g/mol. The molecule has 0 amide bonds. The van der Waals surface area contributed by atoms with Crippen LogP contribution in [0.4, 0.5) is 0 Å². The highest BCUT2D eigenvalue weighted by Crippen LogP contribution is 2.31. The summed E-state index contributed by atoms with van der Waals surface area (Å²) in [5, 5.41) is 1.85. The molecule has 1 aromatic heterocycles. The van der Waals surface area contributed by atoms with Gasteiger partial charge in [0, 0.05) is 16.7 Å². The summed E-state index contributed by atoms with van der Waals surface area (Å²) in [7, 11) is 0.